The summed E-state index contributed by atoms with van der Waals surface area (Å²) in [5, 5.41) is 6.49. The molecular formula is C17H27N5O2. The number of hydrogen-bond donors (Lipinski definition) is 2. The van der Waals surface area contributed by atoms with Gasteiger partial charge in [0.15, 0.2) is 0 Å². The van der Waals surface area contributed by atoms with Gasteiger partial charge in [0.25, 0.3) is 0 Å². The minimum atomic E-state index is 0.116. The van der Waals surface area contributed by atoms with Gasteiger partial charge in [0.1, 0.15) is 11.6 Å². The molecule has 1 atom stereocenters. The molecule has 1 aromatic rings. The number of nitrogens with one attached hydrogen (secondary N) is 2. The standard InChI is InChI=1S/C17H27N5O2/c1-12-9-16(20-13(2)19-12)22-6-3-14(4-7-22)21-17(23)10-15-11-24-8-5-18-15/h9,14-15,18H,3-8,10-11H2,1-2H3,(H,21,23). The van der Waals surface area contributed by atoms with E-state index in [-0.39, 0.29) is 18.0 Å². The number of hydrogen-bond acceptors (Lipinski definition) is 6. The number of ether oxygens (including phenoxy) is 1. The second-order valence-electron chi connectivity index (χ2n) is 6.67. The predicted octanol–water partition coefficient (Wildman–Crippen LogP) is 0.557. The molecular weight excluding hydrogens is 306 g/mol. The molecule has 0 radical (unpaired) electrons. The van der Waals surface area contributed by atoms with Crippen LogP contribution in [0.5, 0.6) is 0 Å². The van der Waals surface area contributed by atoms with Crippen LogP contribution in [0.15, 0.2) is 6.07 Å². The van der Waals surface area contributed by atoms with Crippen LogP contribution in [-0.4, -0.2) is 60.8 Å². The summed E-state index contributed by atoms with van der Waals surface area (Å²) in [5.74, 6) is 1.92. The van der Waals surface area contributed by atoms with E-state index >= 15 is 0 Å². The molecule has 3 rings (SSSR count). The quantitative estimate of drug-likeness (QED) is 0.838. The Morgan fingerprint density at radius 2 is 2.17 bits per heavy atom. The van der Waals surface area contributed by atoms with Gasteiger partial charge in [-0.05, 0) is 26.7 Å². The lowest BCUT2D eigenvalue weighted by Gasteiger charge is -2.33. The van der Waals surface area contributed by atoms with Crippen LogP contribution in [0.4, 0.5) is 5.82 Å². The van der Waals surface area contributed by atoms with Gasteiger partial charge < -0.3 is 20.3 Å². The highest BCUT2D eigenvalue weighted by Crippen LogP contribution is 2.19. The number of nitrogens with zero attached hydrogens (tertiary/aromatic N) is 3. The van der Waals surface area contributed by atoms with Crippen LogP contribution in [-0.2, 0) is 9.53 Å². The van der Waals surface area contributed by atoms with Gasteiger partial charge in [-0.1, -0.05) is 0 Å². The number of anilines is 1. The lowest BCUT2D eigenvalue weighted by Crippen LogP contribution is -2.48. The van der Waals surface area contributed by atoms with E-state index in [1.54, 1.807) is 0 Å². The van der Waals surface area contributed by atoms with Crippen molar-refractivity contribution in [3.8, 4) is 0 Å². The monoisotopic (exact) mass is 333 g/mol. The molecule has 2 aliphatic rings. The first-order chi connectivity index (χ1) is 11.6. The Morgan fingerprint density at radius 3 is 2.83 bits per heavy atom. The van der Waals surface area contributed by atoms with E-state index in [0.717, 1.165) is 56.4 Å². The van der Waals surface area contributed by atoms with Gasteiger partial charge >= 0.3 is 0 Å². The average Bonchev–Trinajstić information content (AvgIpc) is 2.55. The average molecular weight is 333 g/mol. The van der Waals surface area contributed by atoms with Crippen molar-refractivity contribution in [2.75, 3.05) is 37.7 Å². The molecule has 1 unspecified atom stereocenters. The summed E-state index contributed by atoms with van der Waals surface area (Å²) in [6.45, 7) is 7.92. The highest BCUT2D eigenvalue weighted by Gasteiger charge is 2.23. The zero-order valence-corrected chi connectivity index (χ0v) is 14.5. The summed E-state index contributed by atoms with van der Waals surface area (Å²) in [5.41, 5.74) is 0.995. The van der Waals surface area contributed by atoms with E-state index in [1.807, 2.05) is 19.9 Å². The Kier molecular flexibility index (Phi) is 5.63. The zero-order valence-electron chi connectivity index (χ0n) is 14.5. The SMILES string of the molecule is Cc1cc(N2CCC(NC(=O)CC3COCCN3)CC2)nc(C)n1. The number of amides is 1. The Balaban J connectivity index is 1.45. The van der Waals surface area contributed by atoms with Gasteiger partial charge in [-0.2, -0.15) is 0 Å². The van der Waals surface area contributed by atoms with Crippen LogP contribution in [0.3, 0.4) is 0 Å². The van der Waals surface area contributed by atoms with Crippen LogP contribution in [0.25, 0.3) is 0 Å². The smallest absolute Gasteiger partial charge is 0.221 e. The van der Waals surface area contributed by atoms with Crippen molar-refractivity contribution in [2.45, 2.75) is 45.2 Å². The molecule has 0 bridgehead atoms. The van der Waals surface area contributed by atoms with Crippen molar-refractivity contribution in [1.82, 2.24) is 20.6 Å². The van der Waals surface area contributed by atoms with Crippen molar-refractivity contribution < 1.29 is 9.53 Å². The molecule has 2 aliphatic heterocycles. The van der Waals surface area contributed by atoms with E-state index in [1.165, 1.54) is 0 Å². The first-order valence-electron chi connectivity index (χ1n) is 8.78. The molecule has 132 valence electrons. The van der Waals surface area contributed by atoms with Crippen LogP contribution >= 0.6 is 0 Å². The van der Waals surface area contributed by atoms with Crippen molar-refractivity contribution in [1.29, 1.82) is 0 Å². The van der Waals surface area contributed by atoms with E-state index in [9.17, 15) is 4.79 Å². The largest absolute Gasteiger partial charge is 0.378 e. The van der Waals surface area contributed by atoms with Crippen molar-refractivity contribution >= 4 is 11.7 Å². The first kappa shape index (κ1) is 17.1. The highest BCUT2D eigenvalue weighted by atomic mass is 16.5. The minimum Gasteiger partial charge on any atom is -0.378 e. The summed E-state index contributed by atoms with van der Waals surface area (Å²) in [7, 11) is 0. The van der Waals surface area contributed by atoms with Crippen LogP contribution < -0.4 is 15.5 Å². The first-order valence-corrected chi connectivity index (χ1v) is 8.78. The third-order valence-corrected chi connectivity index (χ3v) is 4.57. The molecule has 7 heteroatoms. The Hall–Kier alpha value is -1.73. The Bertz CT molecular complexity index is 546. The maximum Gasteiger partial charge on any atom is 0.221 e. The number of aromatic nitrogens is 2. The molecule has 0 aliphatic carbocycles. The van der Waals surface area contributed by atoms with E-state index < -0.39 is 0 Å². The molecule has 2 saturated heterocycles. The lowest BCUT2D eigenvalue weighted by atomic mass is 10.0. The number of carbonyl (C=O) groups is 1. The molecule has 7 nitrogen and oxygen atoms in total. The maximum absolute atomic E-state index is 12.2. The molecule has 0 saturated carbocycles. The lowest BCUT2D eigenvalue weighted by molar-refractivity contribution is -0.123. The number of piperidine rings is 1. The molecule has 2 fully saturated rings. The van der Waals surface area contributed by atoms with Crippen molar-refractivity contribution in [3.63, 3.8) is 0 Å². The van der Waals surface area contributed by atoms with Gasteiger partial charge in [-0.25, -0.2) is 9.97 Å². The fourth-order valence-corrected chi connectivity index (χ4v) is 3.37. The topological polar surface area (TPSA) is 79.4 Å². The predicted molar refractivity (Wildman–Crippen MR) is 92.1 cm³/mol. The number of rotatable bonds is 4. The summed E-state index contributed by atoms with van der Waals surface area (Å²) in [4.78, 5) is 23.3. The molecule has 1 aromatic heterocycles. The fourth-order valence-electron chi connectivity index (χ4n) is 3.37. The highest BCUT2D eigenvalue weighted by molar-refractivity contribution is 5.77. The normalized spacial score (nSPS) is 22.4. The van der Waals surface area contributed by atoms with Gasteiger partial charge in [0.05, 0.1) is 13.2 Å². The van der Waals surface area contributed by atoms with Gasteiger partial charge in [-0.15, -0.1) is 0 Å². The van der Waals surface area contributed by atoms with Crippen LogP contribution in [0.1, 0.15) is 30.8 Å². The van der Waals surface area contributed by atoms with Gasteiger partial charge in [0, 0.05) is 49.9 Å². The summed E-state index contributed by atoms with van der Waals surface area (Å²) in [6, 6.07) is 2.42. The minimum absolute atomic E-state index is 0.116. The van der Waals surface area contributed by atoms with E-state index in [2.05, 4.69) is 25.5 Å². The van der Waals surface area contributed by atoms with Crippen LogP contribution in [0, 0.1) is 13.8 Å². The van der Waals surface area contributed by atoms with Gasteiger partial charge in [0.2, 0.25) is 5.91 Å². The fraction of sp³-hybridized carbons (Fsp3) is 0.706. The second kappa shape index (κ2) is 7.90. The summed E-state index contributed by atoms with van der Waals surface area (Å²) < 4.78 is 5.39. The van der Waals surface area contributed by atoms with E-state index in [0.29, 0.717) is 13.0 Å². The molecule has 0 spiro atoms. The Morgan fingerprint density at radius 1 is 1.38 bits per heavy atom. The maximum atomic E-state index is 12.2. The number of carbonyl (C=O) groups excluding carboxylic acids is 1. The third-order valence-electron chi connectivity index (χ3n) is 4.57. The summed E-state index contributed by atoms with van der Waals surface area (Å²) >= 11 is 0. The molecule has 2 N–H and O–H groups in total. The second-order valence-corrected chi connectivity index (χ2v) is 6.67. The van der Waals surface area contributed by atoms with Crippen molar-refractivity contribution in [3.05, 3.63) is 17.6 Å². The third kappa shape index (κ3) is 4.64. The zero-order chi connectivity index (χ0) is 16.9. The van der Waals surface area contributed by atoms with Crippen molar-refractivity contribution in [2.24, 2.45) is 0 Å². The van der Waals surface area contributed by atoms with E-state index in [4.69, 9.17) is 4.74 Å². The van der Waals surface area contributed by atoms with Crippen LogP contribution in [0.2, 0.25) is 0 Å². The number of morpholine rings is 1. The summed E-state index contributed by atoms with van der Waals surface area (Å²) in [6.07, 6.45) is 2.38. The molecule has 24 heavy (non-hydrogen) atoms. The molecule has 0 aromatic carbocycles. The molecule has 1 amide bonds. The molecule has 3 heterocycles. The number of aryl methyl sites for hydroxylation is 2. The Labute approximate surface area is 143 Å². The van der Waals surface area contributed by atoms with Gasteiger partial charge in [-0.3, -0.25) is 4.79 Å².